The lowest BCUT2D eigenvalue weighted by molar-refractivity contribution is -0.131. The van der Waals surface area contributed by atoms with Gasteiger partial charge < -0.3 is 16.0 Å². The molecule has 1 saturated heterocycles. The fourth-order valence-electron chi connectivity index (χ4n) is 2.44. The molecule has 0 saturated carbocycles. The highest BCUT2D eigenvalue weighted by Gasteiger charge is 2.22. The summed E-state index contributed by atoms with van der Waals surface area (Å²) in [5.41, 5.74) is 6.22. The summed E-state index contributed by atoms with van der Waals surface area (Å²) < 4.78 is 0. The first-order chi connectivity index (χ1) is 9.70. The van der Waals surface area contributed by atoms with Gasteiger partial charge in [-0.2, -0.15) is 0 Å². The van der Waals surface area contributed by atoms with E-state index in [1.165, 1.54) is 0 Å². The smallest absolute Gasteiger partial charge is 0.251 e. The molecule has 0 radical (unpaired) electrons. The van der Waals surface area contributed by atoms with Gasteiger partial charge in [0, 0.05) is 18.7 Å². The Balaban J connectivity index is 1.81. The van der Waals surface area contributed by atoms with Crippen LogP contribution in [-0.2, 0) is 4.79 Å². The number of piperidine rings is 1. The van der Waals surface area contributed by atoms with E-state index >= 15 is 0 Å². The van der Waals surface area contributed by atoms with Gasteiger partial charge >= 0.3 is 0 Å². The highest BCUT2D eigenvalue weighted by Crippen LogP contribution is 2.14. The van der Waals surface area contributed by atoms with Gasteiger partial charge in [0.15, 0.2) is 0 Å². The number of amides is 2. The summed E-state index contributed by atoms with van der Waals surface area (Å²) in [4.78, 5) is 25.7. The third-order valence-corrected chi connectivity index (χ3v) is 3.64. The molecule has 2 rings (SSSR count). The average molecular weight is 275 g/mol. The molecule has 0 spiro atoms. The number of hydrogen-bond acceptors (Lipinski definition) is 3. The molecule has 5 nitrogen and oxygen atoms in total. The van der Waals surface area contributed by atoms with Gasteiger partial charge in [0.25, 0.3) is 5.91 Å². The molecule has 1 atom stereocenters. The van der Waals surface area contributed by atoms with Crippen molar-refractivity contribution in [3.8, 4) is 0 Å². The van der Waals surface area contributed by atoms with Crippen LogP contribution in [0.3, 0.4) is 0 Å². The molecule has 1 aromatic rings. The monoisotopic (exact) mass is 275 g/mol. The van der Waals surface area contributed by atoms with Crippen molar-refractivity contribution in [3.63, 3.8) is 0 Å². The maximum absolute atomic E-state index is 12.1. The quantitative estimate of drug-likeness (QED) is 0.845. The van der Waals surface area contributed by atoms with Gasteiger partial charge in [-0.15, -0.1) is 0 Å². The van der Waals surface area contributed by atoms with Gasteiger partial charge in [-0.25, -0.2) is 0 Å². The molecule has 0 bridgehead atoms. The first-order valence-corrected chi connectivity index (χ1v) is 7.02. The van der Waals surface area contributed by atoms with Crippen LogP contribution in [0, 0.1) is 5.92 Å². The Hall–Kier alpha value is -1.88. The predicted molar refractivity (Wildman–Crippen MR) is 77.1 cm³/mol. The van der Waals surface area contributed by atoms with Gasteiger partial charge in [-0.3, -0.25) is 9.59 Å². The molecule has 1 heterocycles. The number of nitrogens with two attached hydrogens (primary N) is 1. The van der Waals surface area contributed by atoms with Crippen molar-refractivity contribution >= 4 is 11.8 Å². The molecular weight excluding hydrogens is 254 g/mol. The second-order valence-corrected chi connectivity index (χ2v) is 5.13. The highest BCUT2D eigenvalue weighted by atomic mass is 16.2. The summed E-state index contributed by atoms with van der Waals surface area (Å²) in [7, 11) is 0. The van der Waals surface area contributed by atoms with Crippen LogP contribution in [0.2, 0.25) is 0 Å². The molecular formula is C15H21N3O2. The number of rotatable bonds is 4. The minimum atomic E-state index is -0.216. The SMILES string of the molecule is NCC1CCCN(C(=O)CNC(=O)c2ccccc2)C1. The summed E-state index contributed by atoms with van der Waals surface area (Å²) in [6.07, 6.45) is 2.07. The van der Waals surface area contributed by atoms with Crippen molar-refractivity contribution in [3.05, 3.63) is 35.9 Å². The van der Waals surface area contributed by atoms with E-state index in [1.807, 2.05) is 6.07 Å². The zero-order chi connectivity index (χ0) is 14.4. The lowest BCUT2D eigenvalue weighted by Crippen LogP contribution is -2.46. The van der Waals surface area contributed by atoms with E-state index in [0.717, 1.165) is 19.4 Å². The molecule has 0 aromatic heterocycles. The van der Waals surface area contributed by atoms with Crippen molar-refractivity contribution in [1.82, 2.24) is 10.2 Å². The number of likely N-dealkylation sites (tertiary alicyclic amines) is 1. The Morgan fingerprint density at radius 3 is 2.75 bits per heavy atom. The summed E-state index contributed by atoms with van der Waals surface area (Å²) in [5.74, 6) is 0.135. The number of benzene rings is 1. The lowest BCUT2D eigenvalue weighted by atomic mass is 9.98. The molecule has 2 amide bonds. The van der Waals surface area contributed by atoms with Gasteiger partial charge in [0.05, 0.1) is 6.54 Å². The Morgan fingerprint density at radius 1 is 1.30 bits per heavy atom. The largest absolute Gasteiger partial charge is 0.343 e. The Morgan fingerprint density at radius 2 is 2.05 bits per heavy atom. The van der Waals surface area contributed by atoms with Crippen LogP contribution in [0.1, 0.15) is 23.2 Å². The lowest BCUT2D eigenvalue weighted by Gasteiger charge is -2.32. The Kier molecular flexibility index (Phi) is 5.12. The average Bonchev–Trinajstić information content (AvgIpc) is 2.53. The Bertz CT molecular complexity index is 461. The molecule has 1 fully saturated rings. The van der Waals surface area contributed by atoms with Gasteiger partial charge in [-0.1, -0.05) is 18.2 Å². The van der Waals surface area contributed by atoms with Crippen LogP contribution in [0.4, 0.5) is 0 Å². The summed E-state index contributed by atoms with van der Waals surface area (Å²) in [6.45, 7) is 2.12. The maximum atomic E-state index is 12.1. The fourth-order valence-corrected chi connectivity index (χ4v) is 2.44. The molecule has 1 unspecified atom stereocenters. The third-order valence-electron chi connectivity index (χ3n) is 3.64. The van der Waals surface area contributed by atoms with Gasteiger partial charge in [0.1, 0.15) is 0 Å². The normalized spacial score (nSPS) is 18.6. The molecule has 20 heavy (non-hydrogen) atoms. The number of hydrogen-bond donors (Lipinski definition) is 2. The number of carbonyl (C=O) groups excluding carboxylic acids is 2. The van der Waals surface area contributed by atoms with Crippen LogP contribution in [0.15, 0.2) is 30.3 Å². The molecule has 0 aliphatic carbocycles. The minimum Gasteiger partial charge on any atom is -0.343 e. The van der Waals surface area contributed by atoms with E-state index in [-0.39, 0.29) is 18.4 Å². The van der Waals surface area contributed by atoms with E-state index in [1.54, 1.807) is 29.2 Å². The molecule has 1 aliphatic heterocycles. The van der Waals surface area contributed by atoms with E-state index in [2.05, 4.69) is 5.32 Å². The molecule has 5 heteroatoms. The van der Waals surface area contributed by atoms with Crippen molar-refractivity contribution in [2.75, 3.05) is 26.2 Å². The van der Waals surface area contributed by atoms with Crippen LogP contribution in [0.5, 0.6) is 0 Å². The van der Waals surface area contributed by atoms with E-state index < -0.39 is 0 Å². The van der Waals surface area contributed by atoms with Crippen molar-refractivity contribution in [2.45, 2.75) is 12.8 Å². The standard InChI is InChI=1S/C15H21N3O2/c16-9-12-5-4-8-18(11-12)14(19)10-17-15(20)13-6-2-1-3-7-13/h1-3,6-7,12H,4-5,8-11,16H2,(H,17,20). The minimum absolute atomic E-state index is 0.0348. The zero-order valence-corrected chi connectivity index (χ0v) is 11.5. The van der Waals surface area contributed by atoms with Crippen molar-refractivity contribution < 1.29 is 9.59 Å². The molecule has 1 aliphatic rings. The summed E-state index contributed by atoms with van der Waals surface area (Å²) in [5, 5.41) is 2.67. The zero-order valence-electron chi connectivity index (χ0n) is 11.5. The summed E-state index contributed by atoms with van der Waals surface area (Å²) >= 11 is 0. The molecule has 1 aromatic carbocycles. The van der Waals surface area contributed by atoms with Crippen LogP contribution < -0.4 is 11.1 Å². The van der Waals surface area contributed by atoms with Crippen LogP contribution >= 0.6 is 0 Å². The topological polar surface area (TPSA) is 75.4 Å². The number of nitrogens with one attached hydrogen (secondary N) is 1. The highest BCUT2D eigenvalue weighted by molar-refractivity contribution is 5.96. The second-order valence-electron chi connectivity index (χ2n) is 5.13. The first kappa shape index (κ1) is 14.5. The van der Waals surface area contributed by atoms with E-state index in [4.69, 9.17) is 5.73 Å². The fraction of sp³-hybridized carbons (Fsp3) is 0.467. The number of carbonyl (C=O) groups is 2. The van der Waals surface area contributed by atoms with Gasteiger partial charge in [-0.05, 0) is 37.4 Å². The van der Waals surface area contributed by atoms with Crippen molar-refractivity contribution in [2.24, 2.45) is 11.7 Å². The van der Waals surface area contributed by atoms with Crippen molar-refractivity contribution in [1.29, 1.82) is 0 Å². The Labute approximate surface area is 119 Å². The van der Waals surface area contributed by atoms with Crippen LogP contribution in [-0.4, -0.2) is 42.9 Å². The van der Waals surface area contributed by atoms with Gasteiger partial charge in [0.2, 0.25) is 5.91 Å². The molecule has 3 N–H and O–H groups in total. The van der Waals surface area contributed by atoms with E-state index in [0.29, 0.717) is 24.6 Å². The maximum Gasteiger partial charge on any atom is 0.251 e. The second kappa shape index (κ2) is 7.05. The third kappa shape index (κ3) is 3.81. The predicted octanol–water partition coefficient (Wildman–Crippen LogP) is 0.614. The summed E-state index contributed by atoms with van der Waals surface area (Å²) in [6, 6.07) is 8.90. The molecule has 108 valence electrons. The van der Waals surface area contributed by atoms with Crippen LogP contribution in [0.25, 0.3) is 0 Å². The van der Waals surface area contributed by atoms with E-state index in [9.17, 15) is 9.59 Å². The number of nitrogens with zero attached hydrogens (tertiary/aromatic N) is 1. The first-order valence-electron chi connectivity index (χ1n) is 7.02.